The van der Waals surface area contributed by atoms with E-state index in [2.05, 4.69) is 34.6 Å². The molecule has 1 aliphatic heterocycles. The Balaban J connectivity index is 1.94. The Morgan fingerprint density at radius 3 is 2.80 bits per heavy atom. The third kappa shape index (κ3) is 2.72. The fourth-order valence-corrected chi connectivity index (χ4v) is 3.05. The van der Waals surface area contributed by atoms with Gasteiger partial charge in [-0.15, -0.1) is 0 Å². The number of benzene rings is 1. The summed E-state index contributed by atoms with van der Waals surface area (Å²) < 4.78 is 2.36. The van der Waals surface area contributed by atoms with Gasteiger partial charge in [0.1, 0.15) is 5.82 Å². The molecule has 0 aliphatic carbocycles. The highest BCUT2D eigenvalue weighted by atomic mass is 15.2. The van der Waals surface area contributed by atoms with Gasteiger partial charge in [0.05, 0.1) is 17.6 Å². The molecule has 3 rings (SSSR count). The van der Waals surface area contributed by atoms with Crippen LogP contribution in [0.15, 0.2) is 18.2 Å². The summed E-state index contributed by atoms with van der Waals surface area (Å²) in [6.07, 6.45) is 3.65. The number of aromatic nitrogens is 2. The normalized spacial score (nSPS) is 16.3. The standard InChI is InChI=1S/C16H24N4/c1-13-5-6-15-14(11-13)18-16(20(15)10-4-7-17)12-19-8-2-3-9-19/h5-6,11H,2-4,7-10,12,17H2,1H3. The van der Waals surface area contributed by atoms with Gasteiger partial charge in [0.25, 0.3) is 0 Å². The SMILES string of the molecule is Cc1ccc2c(c1)nc(CN1CCCC1)n2CCCN. The van der Waals surface area contributed by atoms with Crippen LogP contribution in [0.1, 0.15) is 30.7 Å². The van der Waals surface area contributed by atoms with Crippen LogP contribution in [0.4, 0.5) is 0 Å². The van der Waals surface area contributed by atoms with Gasteiger partial charge in [-0.1, -0.05) is 6.07 Å². The second-order valence-electron chi connectivity index (χ2n) is 5.80. The van der Waals surface area contributed by atoms with Crippen LogP contribution in [0.5, 0.6) is 0 Å². The molecule has 0 atom stereocenters. The summed E-state index contributed by atoms with van der Waals surface area (Å²) in [5.41, 5.74) is 9.32. The Morgan fingerprint density at radius 2 is 2.05 bits per heavy atom. The third-order valence-corrected chi connectivity index (χ3v) is 4.13. The van der Waals surface area contributed by atoms with Crippen molar-refractivity contribution in [2.45, 2.75) is 39.3 Å². The molecule has 2 aromatic rings. The van der Waals surface area contributed by atoms with Gasteiger partial charge in [-0.05, 0) is 63.5 Å². The van der Waals surface area contributed by atoms with E-state index in [0.29, 0.717) is 0 Å². The predicted molar refractivity (Wildman–Crippen MR) is 82.7 cm³/mol. The number of hydrogen-bond acceptors (Lipinski definition) is 3. The molecule has 2 N–H and O–H groups in total. The molecule has 1 fully saturated rings. The van der Waals surface area contributed by atoms with E-state index in [0.717, 1.165) is 31.6 Å². The van der Waals surface area contributed by atoms with E-state index >= 15 is 0 Å². The number of aryl methyl sites for hydroxylation is 2. The summed E-state index contributed by atoms with van der Waals surface area (Å²) in [7, 11) is 0. The summed E-state index contributed by atoms with van der Waals surface area (Å²) in [5, 5.41) is 0. The van der Waals surface area contributed by atoms with Crippen molar-refractivity contribution in [1.29, 1.82) is 0 Å². The molecule has 0 amide bonds. The summed E-state index contributed by atoms with van der Waals surface area (Å²) in [6.45, 7) is 7.21. The summed E-state index contributed by atoms with van der Waals surface area (Å²) in [4.78, 5) is 7.38. The number of likely N-dealkylation sites (tertiary alicyclic amines) is 1. The van der Waals surface area contributed by atoms with Gasteiger partial charge in [-0.3, -0.25) is 4.90 Å². The number of fused-ring (bicyclic) bond motifs is 1. The van der Waals surface area contributed by atoms with Gasteiger partial charge >= 0.3 is 0 Å². The third-order valence-electron chi connectivity index (χ3n) is 4.13. The van der Waals surface area contributed by atoms with Crippen molar-refractivity contribution < 1.29 is 0 Å². The first-order chi connectivity index (χ1) is 9.78. The maximum atomic E-state index is 5.68. The maximum Gasteiger partial charge on any atom is 0.124 e. The largest absolute Gasteiger partial charge is 0.330 e. The van der Waals surface area contributed by atoms with Gasteiger partial charge in [-0.2, -0.15) is 0 Å². The molecule has 0 spiro atoms. The monoisotopic (exact) mass is 272 g/mol. The molecule has 108 valence electrons. The molecule has 0 radical (unpaired) electrons. The lowest BCUT2D eigenvalue weighted by atomic mass is 10.2. The summed E-state index contributed by atoms with van der Waals surface area (Å²) in [6, 6.07) is 6.55. The van der Waals surface area contributed by atoms with Gasteiger partial charge in [0.15, 0.2) is 0 Å². The van der Waals surface area contributed by atoms with Crippen LogP contribution in [-0.4, -0.2) is 34.1 Å². The van der Waals surface area contributed by atoms with Crippen molar-refractivity contribution in [2.75, 3.05) is 19.6 Å². The Hall–Kier alpha value is -1.39. The van der Waals surface area contributed by atoms with E-state index in [1.54, 1.807) is 0 Å². The number of nitrogens with zero attached hydrogens (tertiary/aromatic N) is 3. The lowest BCUT2D eigenvalue weighted by molar-refractivity contribution is 0.316. The van der Waals surface area contributed by atoms with Crippen LogP contribution in [0.25, 0.3) is 11.0 Å². The summed E-state index contributed by atoms with van der Waals surface area (Å²) >= 11 is 0. The molecular weight excluding hydrogens is 248 g/mol. The zero-order valence-corrected chi connectivity index (χ0v) is 12.3. The minimum absolute atomic E-state index is 0.731. The van der Waals surface area contributed by atoms with Crippen molar-refractivity contribution in [3.63, 3.8) is 0 Å². The fraction of sp³-hybridized carbons (Fsp3) is 0.562. The van der Waals surface area contributed by atoms with E-state index in [1.807, 2.05) is 0 Å². The molecule has 4 heteroatoms. The van der Waals surface area contributed by atoms with Crippen molar-refractivity contribution in [3.8, 4) is 0 Å². The van der Waals surface area contributed by atoms with Crippen molar-refractivity contribution >= 4 is 11.0 Å². The minimum atomic E-state index is 0.731. The zero-order chi connectivity index (χ0) is 13.9. The maximum absolute atomic E-state index is 5.68. The van der Waals surface area contributed by atoms with Crippen molar-refractivity contribution in [1.82, 2.24) is 14.5 Å². The molecule has 1 aromatic heterocycles. The topological polar surface area (TPSA) is 47.1 Å². The van der Waals surface area contributed by atoms with Gasteiger partial charge in [-0.25, -0.2) is 4.98 Å². The Morgan fingerprint density at radius 1 is 1.25 bits per heavy atom. The van der Waals surface area contributed by atoms with Crippen molar-refractivity contribution in [3.05, 3.63) is 29.6 Å². The lowest BCUT2D eigenvalue weighted by Gasteiger charge is -2.15. The van der Waals surface area contributed by atoms with E-state index in [-0.39, 0.29) is 0 Å². The van der Waals surface area contributed by atoms with Crippen LogP contribution in [0, 0.1) is 6.92 Å². The number of rotatable bonds is 5. The smallest absolute Gasteiger partial charge is 0.124 e. The van der Waals surface area contributed by atoms with Crippen LogP contribution < -0.4 is 5.73 Å². The number of nitrogens with two attached hydrogens (primary N) is 1. The highest BCUT2D eigenvalue weighted by molar-refractivity contribution is 5.76. The lowest BCUT2D eigenvalue weighted by Crippen LogP contribution is -2.21. The molecule has 0 saturated carbocycles. The second kappa shape index (κ2) is 5.94. The van der Waals surface area contributed by atoms with E-state index in [9.17, 15) is 0 Å². The van der Waals surface area contributed by atoms with Crippen LogP contribution in [0.3, 0.4) is 0 Å². The first-order valence-electron chi connectivity index (χ1n) is 7.66. The average molecular weight is 272 g/mol. The fourth-order valence-electron chi connectivity index (χ4n) is 3.05. The summed E-state index contributed by atoms with van der Waals surface area (Å²) in [5.74, 6) is 1.20. The number of imidazole rings is 1. The molecule has 20 heavy (non-hydrogen) atoms. The molecule has 1 aromatic carbocycles. The van der Waals surface area contributed by atoms with Gasteiger partial charge in [0, 0.05) is 6.54 Å². The molecular formula is C16H24N4. The molecule has 4 nitrogen and oxygen atoms in total. The minimum Gasteiger partial charge on any atom is -0.330 e. The first-order valence-corrected chi connectivity index (χ1v) is 7.66. The quantitative estimate of drug-likeness (QED) is 0.908. The molecule has 1 saturated heterocycles. The Bertz CT molecular complexity index is 581. The molecule has 0 bridgehead atoms. The van der Waals surface area contributed by atoms with E-state index < -0.39 is 0 Å². The van der Waals surface area contributed by atoms with Crippen LogP contribution in [-0.2, 0) is 13.1 Å². The second-order valence-corrected chi connectivity index (χ2v) is 5.80. The molecule has 1 aliphatic rings. The Kier molecular flexibility index (Phi) is 4.03. The van der Waals surface area contributed by atoms with Crippen LogP contribution in [0.2, 0.25) is 0 Å². The van der Waals surface area contributed by atoms with Crippen LogP contribution >= 0.6 is 0 Å². The average Bonchev–Trinajstić information content (AvgIpc) is 3.04. The molecule has 2 heterocycles. The van der Waals surface area contributed by atoms with E-state index in [1.165, 1.54) is 42.8 Å². The van der Waals surface area contributed by atoms with Crippen molar-refractivity contribution in [2.24, 2.45) is 5.73 Å². The highest BCUT2D eigenvalue weighted by Gasteiger charge is 2.17. The number of hydrogen-bond donors (Lipinski definition) is 1. The Labute approximate surface area is 120 Å². The zero-order valence-electron chi connectivity index (χ0n) is 12.3. The van der Waals surface area contributed by atoms with Gasteiger partial charge in [0.2, 0.25) is 0 Å². The first kappa shape index (κ1) is 13.6. The highest BCUT2D eigenvalue weighted by Crippen LogP contribution is 2.20. The predicted octanol–water partition coefficient (Wildman–Crippen LogP) is 2.29. The van der Waals surface area contributed by atoms with E-state index in [4.69, 9.17) is 10.7 Å². The van der Waals surface area contributed by atoms with Gasteiger partial charge < -0.3 is 10.3 Å². The molecule has 0 unspecified atom stereocenters.